The molecule has 116 valence electrons. The highest BCUT2D eigenvalue weighted by molar-refractivity contribution is 5.84. The first-order valence-corrected chi connectivity index (χ1v) is 7.08. The van der Waals surface area contributed by atoms with E-state index >= 15 is 0 Å². The van der Waals surface area contributed by atoms with Gasteiger partial charge in [-0.25, -0.2) is 4.79 Å². The number of hydrogen-bond acceptors (Lipinski definition) is 4. The lowest BCUT2D eigenvalue weighted by Crippen LogP contribution is -2.45. The van der Waals surface area contributed by atoms with Crippen LogP contribution in [0.2, 0.25) is 0 Å². The van der Waals surface area contributed by atoms with Crippen LogP contribution in [0.3, 0.4) is 0 Å². The Kier molecular flexibility index (Phi) is 6.37. The second kappa shape index (κ2) is 7.78. The number of carbonyl (C=O) groups is 2. The maximum atomic E-state index is 11.9. The highest BCUT2D eigenvalue weighted by Gasteiger charge is 2.30. The number of carbonyl (C=O) groups excluding carboxylic acids is 2. The summed E-state index contributed by atoms with van der Waals surface area (Å²) >= 11 is 0. The van der Waals surface area contributed by atoms with Crippen molar-refractivity contribution >= 4 is 11.9 Å². The van der Waals surface area contributed by atoms with Crippen molar-refractivity contribution < 1.29 is 19.4 Å². The van der Waals surface area contributed by atoms with Crippen molar-refractivity contribution in [3.05, 3.63) is 35.4 Å². The molecule has 0 aliphatic heterocycles. The van der Waals surface area contributed by atoms with Gasteiger partial charge in [-0.2, -0.15) is 0 Å². The molecule has 0 saturated heterocycles. The number of amides is 1. The molecule has 2 N–H and O–H groups in total. The van der Waals surface area contributed by atoms with Crippen LogP contribution in [-0.2, 0) is 14.3 Å². The van der Waals surface area contributed by atoms with E-state index in [1.807, 2.05) is 12.1 Å². The van der Waals surface area contributed by atoms with E-state index in [1.54, 1.807) is 19.1 Å². The minimum atomic E-state index is -1.14. The van der Waals surface area contributed by atoms with Crippen molar-refractivity contribution in [2.75, 3.05) is 6.61 Å². The number of aliphatic hydroxyl groups excluding tert-OH is 1. The molecule has 0 saturated carbocycles. The number of esters is 1. The van der Waals surface area contributed by atoms with Crippen LogP contribution in [0.1, 0.15) is 50.8 Å². The standard InChI is InChI=1S/C16H23NO4/c1-5-21-16(20)14(17-11(4)18)15(19)13-8-6-12(7-9-13)10(2)3/h6-10,14-15,19H,5H2,1-4H3,(H,17,18)/t14-,15-/m0/s1. The summed E-state index contributed by atoms with van der Waals surface area (Å²) in [7, 11) is 0. The maximum absolute atomic E-state index is 11.9. The average Bonchev–Trinajstić information content (AvgIpc) is 2.44. The van der Waals surface area contributed by atoms with Gasteiger partial charge in [0.05, 0.1) is 6.61 Å². The Hall–Kier alpha value is -1.88. The molecule has 0 heterocycles. The van der Waals surface area contributed by atoms with E-state index in [4.69, 9.17) is 4.74 Å². The monoisotopic (exact) mass is 293 g/mol. The molecule has 0 unspecified atom stereocenters. The van der Waals surface area contributed by atoms with Gasteiger partial charge in [-0.15, -0.1) is 0 Å². The molecule has 0 spiro atoms. The molecule has 0 aliphatic rings. The molecular formula is C16H23NO4. The van der Waals surface area contributed by atoms with Gasteiger partial charge in [0.25, 0.3) is 0 Å². The van der Waals surface area contributed by atoms with Crippen molar-refractivity contribution in [1.82, 2.24) is 5.32 Å². The fourth-order valence-electron chi connectivity index (χ4n) is 1.99. The second-order valence-electron chi connectivity index (χ2n) is 5.20. The number of nitrogens with one attached hydrogen (secondary N) is 1. The predicted octanol–water partition coefficient (Wildman–Crippen LogP) is 1.91. The van der Waals surface area contributed by atoms with Crippen molar-refractivity contribution in [2.24, 2.45) is 0 Å². The average molecular weight is 293 g/mol. The Morgan fingerprint density at radius 1 is 1.19 bits per heavy atom. The first kappa shape index (κ1) is 17.2. The normalized spacial score (nSPS) is 13.6. The van der Waals surface area contributed by atoms with E-state index in [0.29, 0.717) is 11.5 Å². The zero-order chi connectivity index (χ0) is 16.0. The molecule has 0 aromatic heterocycles. The van der Waals surface area contributed by atoms with E-state index in [-0.39, 0.29) is 6.61 Å². The van der Waals surface area contributed by atoms with E-state index < -0.39 is 24.0 Å². The lowest BCUT2D eigenvalue weighted by molar-refractivity contribution is -0.150. The first-order valence-electron chi connectivity index (χ1n) is 7.08. The van der Waals surface area contributed by atoms with E-state index in [9.17, 15) is 14.7 Å². The molecule has 2 atom stereocenters. The smallest absolute Gasteiger partial charge is 0.331 e. The number of hydrogen-bond donors (Lipinski definition) is 2. The molecule has 1 rings (SSSR count). The Balaban J connectivity index is 2.95. The molecule has 0 radical (unpaired) electrons. The lowest BCUT2D eigenvalue weighted by Gasteiger charge is -2.22. The van der Waals surface area contributed by atoms with Crippen LogP contribution in [0.4, 0.5) is 0 Å². The molecule has 0 aliphatic carbocycles. The molecule has 0 bridgehead atoms. The van der Waals surface area contributed by atoms with Gasteiger partial charge < -0.3 is 15.2 Å². The van der Waals surface area contributed by atoms with Gasteiger partial charge in [0.2, 0.25) is 5.91 Å². The Labute approximate surface area is 125 Å². The van der Waals surface area contributed by atoms with E-state index in [2.05, 4.69) is 19.2 Å². The molecule has 1 aromatic rings. The minimum absolute atomic E-state index is 0.188. The number of rotatable bonds is 6. The van der Waals surface area contributed by atoms with Gasteiger partial charge >= 0.3 is 5.97 Å². The largest absolute Gasteiger partial charge is 0.464 e. The molecule has 21 heavy (non-hydrogen) atoms. The highest BCUT2D eigenvalue weighted by Crippen LogP contribution is 2.21. The van der Waals surface area contributed by atoms with Crippen LogP contribution in [0.5, 0.6) is 0 Å². The fourth-order valence-corrected chi connectivity index (χ4v) is 1.99. The van der Waals surface area contributed by atoms with Crippen LogP contribution in [0, 0.1) is 0 Å². The molecular weight excluding hydrogens is 270 g/mol. The zero-order valence-corrected chi connectivity index (χ0v) is 12.9. The Bertz CT molecular complexity index is 482. The fraction of sp³-hybridized carbons (Fsp3) is 0.500. The van der Waals surface area contributed by atoms with Crippen LogP contribution in [0.15, 0.2) is 24.3 Å². The van der Waals surface area contributed by atoms with Gasteiger partial charge in [-0.1, -0.05) is 38.1 Å². The molecule has 1 aromatic carbocycles. The summed E-state index contributed by atoms with van der Waals surface area (Å²) in [5.41, 5.74) is 1.70. The van der Waals surface area contributed by atoms with Crippen LogP contribution in [0.25, 0.3) is 0 Å². The third-order valence-corrected chi connectivity index (χ3v) is 3.16. The number of benzene rings is 1. The summed E-state index contributed by atoms with van der Waals surface area (Å²) in [6.45, 7) is 7.30. The van der Waals surface area contributed by atoms with Gasteiger partial charge in [0.15, 0.2) is 6.04 Å². The summed E-state index contributed by atoms with van der Waals surface area (Å²) in [4.78, 5) is 23.1. The highest BCUT2D eigenvalue weighted by atomic mass is 16.5. The summed E-state index contributed by atoms with van der Waals surface area (Å²) in [5.74, 6) is -0.661. The topological polar surface area (TPSA) is 75.6 Å². The summed E-state index contributed by atoms with van der Waals surface area (Å²) in [5, 5.41) is 12.8. The third-order valence-electron chi connectivity index (χ3n) is 3.16. The summed E-state index contributed by atoms with van der Waals surface area (Å²) in [6, 6.07) is 6.22. The van der Waals surface area contributed by atoms with E-state index in [0.717, 1.165) is 5.56 Å². The summed E-state index contributed by atoms with van der Waals surface area (Å²) in [6.07, 6.45) is -1.14. The number of ether oxygens (including phenoxy) is 1. The van der Waals surface area contributed by atoms with Gasteiger partial charge in [-0.05, 0) is 24.0 Å². The van der Waals surface area contributed by atoms with Crippen LogP contribution in [-0.4, -0.2) is 29.6 Å². The predicted molar refractivity (Wildman–Crippen MR) is 79.7 cm³/mol. The van der Waals surface area contributed by atoms with Gasteiger partial charge in [0, 0.05) is 6.92 Å². The van der Waals surface area contributed by atoms with E-state index in [1.165, 1.54) is 6.92 Å². The molecule has 1 amide bonds. The number of aliphatic hydroxyl groups is 1. The second-order valence-corrected chi connectivity index (χ2v) is 5.20. The quantitative estimate of drug-likeness (QED) is 0.786. The molecule has 0 fully saturated rings. The zero-order valence-electron chi connectivity index (χ0n) is 12.9. The van der Waals surface area contributed by atoms with Gasteiger partial charge in [0.1, 0.15) is 6.10 Å². The first-order chi connectivity index (χ1) is 9.86. The van der Waals surface area contributed by atoms with Gasteiger partial charge in [-0.3, -0.25) is 4.79 Å². The minimum Gasteiger partial charge on any atom is -0.464 e. The Morgan fingerprint density at radius 2 is 1.71 bits per heavy atom. The summed E-state index contributed by atoms with van der Waals surface area (Å²) < 4.78 is 4.90. The van der Waals surface area contributed by atoms with Crippen molar-refractivity contribution in [1.29, 1.82) is 0 Å². The van der Waals surface area contributed by atoms with Crippen molar-refractivity contribution in [3.63, 3.8) is 0 Å². The molecule has 5 nitrogen and oxygen atoms in total. The lowest BCUT2D eigenvalue weighted by atomic mass is 9.97. The van der Waals surface area contributed by atoms with Crippen molar-refractivity contribution in [2.45, 2.75) is 45.8 Å². The van der Waals surface area contributed by atoms with Crippen LogP contribution >= 0.6 is 0 Å². The van der Waals surface area contributed by atoms with Crippen molar-refractivity contribution in [3.8, 4) is 0 Å². The Morgan fingerprint density at radius 3 is 2.14 bits per heavy atom. The maximum Gasteiger partial charge on any atom is 0.331 e. The SMILES string of the molecule is CCOC(=O)[C@@H](NC(C)=O)[C@@H](O)c1ccc(C(C)C)cc1. The molecule has 5 heteroatoms. The third kappa shape index (κ3) is 4.86. The van der Waals surface area contributed by atoms with Crippen LogP contribution < -0.4 is 5.32 Å².